The fourth-order valence-corrected chi connectivity index (χ4v) is 4.89. The minimum atomic E-state index is -1.82. The van der Waals surface area contributed by atoms with E-state index in [-0.39, 0.29) is 6.61 Å². The molecular formula is C25H31N3O6S. The van der Waals surface area contributed by atoms with E-state index < -0.39 is 11.9 Å². The standard InChI is InChI=1S/C23H29N3O2S.C2H2O4/c1-3-25-9-11-26(12-10-25)23-22-19(8-14-29-22)16-20(24-23)17-6-7-21(28-2)18(15-17)5-4-13-27;3-1(4)2(5)6/h6-8,14-16,27H,3-5,9-13H2,1-2H3;(H,3,4)(H,5,6). The number of benzene rings is 1. The maximum atomic E-state index is 9.23. The second kappa shape index (κ2) is 12.5. The lowest BCUT2D eigenvalue weighted by Gasteiger charge is -2.35. The molecule has 3 heterocycles. The number of aliphatic hydroxyl groups excluding tert-OH is 1. The molecule has 0 spiro atoms. The molecule has 0 amide bonds. The average Bonchev–Trinajstić information content (AvgIpc) is 3.36. The van der Waals surface area contributed by atoms with Crippen molar-refractivity contribution in [1.82, 2.24) is 9.88 Å². The van der Waals surface area contributed by atoms with Gasteiger partial charge in [-0.25, -0.2) is 14.6 Å². The van der Waals surface area contributed by atoms with Crippen LogP contribution in [-0.4, -0.2) is 83.6 Å². The summed E-state index contributed by atoms with van der Waals surface area (Å²) in [7, 11) is 1.70. The molecule has 0 saturated carbocycles. The van der Waals surface area contributed by atoms with Gasteiger partial charge in [-0.3, -0.25) is 0 Å². The highest BCUT2D eigenvalue weighted by Crippen LogP contribution is 2.35. The predicted molar refractivity (Wildman–Crippen MR) is 137 cm³/mol. The maximum absolute atomic E-state index is 9.23. The van der Waals surface area contributed by atoms with Gasteiger partial charge in [-0.15, -0.1) is 11.3 Å². The Hall–Kier alpha value is -3.21. The van der Waals surface area contributed by atoms with Gasteiger partial charge in [0.25, 0.3) is 0 Å². The van der Waals surface area contributed by atoms with Gasteiger partial charge in [0.15, 0.2) is 0 Å². The molecule has 1 aliphatic heterocycles. The summed E-state index contributed by atoms with van der Waals surface area (Å²) in [6, 6.07) is 10.6. The van der Waals surface area contributed by atoms with Crippen molar-refractivity contribution in [1.29, 1.82) is 0 Å². The zero-order valence-corrected chi connectivity index (χ0v) is 20.8. The third-order valence-electron chi connectivity index (χ3n) is 5.90. The van der Waals surface area contributed by atoms with Gasteiger partial charge in [0, 0.05) is 38.3 Å². The van der Waals surface area contributed by atoms with Crippen molar-refractivity contribution in [2.45, 2.75) is 19.8 Å². The van der Waals surface area contributed by atoms with Crippen LogP contribution in [0.1, 0.15) is 18.9 Å². The number of rotatable bonds is 7. The number of carboxylic acids is 2. The van der Waals surface area contributed by atoms with E-state index in [9.17, 15) is 5.11 Å². The number of aromatic nitrogens is 1. The number of anilines is 1. The highest BCUT2D eigenvalue weighted by Gasteiger charge is 2.20. The first-order chi connectivity index (χ1) is 16.9. The van der Waals surface area contributed by atoms with Gasteiger partial charge in [0.1, 0.15) is 11.6 Å². The summed E-state index contributed by atoms with van der Waals surface area (Å²) in [6.07, 6.45) is 1.52. The fourth-order valence-electron chi connectivity index (χ4n) is 4.00. The van der Waals surface area contributed by atoms with Gasteiger partial charge in [-0.05, 0) is 66.0 Å². The summed E-state index contributed by atoms with van der Waals surface area (Å²) < 4.78 is 6.79. The topological polar surface area (TPSA) is 123 Å². The maximum Gasteiger partial charge on any atom is 0.414 e. The van der Waals surface area contributed by atoms with Crippen LogP contribution in [-0.2, 0) is 16.0 Å². The van der Waals surface area contributed by atoms with Gasteiger partial charge >= 0.3 is 11.9 Å². The number of thiophene rings is 1. The van der Waals surface area contributed by atoms with E-state index in [0.717, 1.165) is 74.0 Å². The molecule has 4 rings (SSSR count). The number of pyridine rings is 1. The highest BCUT2D eigenvalue weighted by molar-refractivity contribution is 7.17. The van der Waals surface area contributed by atoms with E-state index in [0.29, 0.717) is 0 Å². The predicted octanol–water partition coefficient (Wildman–Crippen LogP) is 3.19. The van der Waals surface area contributed by atoms with Crippen LogP contribution in [0.2, 0.25) is 0 Å². The Bertz CT molecular complexity index is 1150. The number of carboxylic acid groups (broad SMARTS) is 2. The molecule has 0 bridgehead atoms. The minimum Gasteiger partial charge on any atom is -0.496 e. The number of aryl methyl sites for hydroxylation is 1. The first kappa shape index (κ1) is 26.4. The number of aliphatic hydroxyl groups is 1. The van der Waals surface area contributed by atoms with E-state index >= 15 is 0 Å². The van der Waals surface area contributed by atoms with Crippen LogP contribution in [0, 0.1) is 0 Å². The number of nitrogens with zero attached hydrogens (tertiary/aromatic N) is 3. The number of likely N-dealkylation sites (N-methyl/N-ethyl adjacent to an activating group) is 1. The molecule has 1 aliphatic rings. The van der Waals surface area contributed by atoms with Crippen molar-refractivity contribution < 1.29 is 29.6 Å². The monoisotopic (exact) mass is 501 g/mol. The molecule has 0 aliphatic carbocycles. The lowest BCUT2D eigenvalue weighted by atomic mass is 10.0. The summed E-state index contributed by atoms with van der Waals surface area (Å²) >= 11 is 1.77. The summed E-state index contributed by atoms with van der Waals surface area (Å²) in [4.78, 5) is 28.2. The number of methoxy groups -OCH3 is 1. The van der Waals surface area contributed by atoms with Crippen LogP contribution >= 0.6 is 11.3 Å². The van der Waals surface area contributed by atoms with Crippen LogP contribution in [0.5, 0.6) is 5.75 Å². The number of ether oxygens (including phenoxy) is 1. The van der Waals surface area contributed by atoms with Crippen molar-refractivity contribution in [2.75, 3.05) is 51.3 Å². The Balaban J connectivity index is 0.000000509. The number of carbonyl (C=O) groups is 2. The number of hydrogen-bond acceptors (Lipinski definition) is 8. The zero-order chi connectivity index (χ0) is 25.4. The van der Waals surface area contributed by atoms with Crippen LogP contribution in [0.15, 0.2) is 35.7 Å². The second-order valence-corrected chi connectivity index (χ2v) is 8.97. The van der Waals surface area contributed by atoms with E-state index in [1.807, 2.05) is 6.07 Å². The van der Waals surface area contributed by atoms with Gasteiger partial charge in [0.2, 0.25) is 0 Å². The van der Waals surface area contributed by atoms with Crippen molar-refractivity contribution in [2.24, 2.45) is 0 Å². The molecule has 0 radical (unpaired) electrons. The highest BCUT2D eigenvalue weighted by atomic mass is 32.1. The van der Waals surface area contributed by atoms with Gasteiger partial charge in [-0.2, -0.15) is 0 Å². The zero-order valence-electron chi connectivity index (χ0n) is 19.9. The normalized spacial score (nSPS) is 13.9. The first-order valence-electron chi connectivity index (χ1n) is 11.5. The third kappa shape index (κ3) is 6.68. The van der Waals surface area contributed by atoms with Crippen LogP contribution in [0.3, 0.4) is 0 Å². The molecule has 2 aromatic heterocycles. The van der Waals surface area contributed by atoms with E-state index in [1.54, 1.807) is 18.4 Å². The summed E-state index contributed by atoms with van der Waals surface area (Å²) in [6.45, 7) is 7.72. The summed E-state index contributed by atoms with van der Waals surface area (Å²) in [5.41, 5.74) is 3.21. The van der Waals surface area contributed by atoms with Crippen molar-refractivity contribution in [3.8, 4) is 17.0 Å². The Kier molecular flexibility index (Phi) is 9.41. The van der Waals surface area contributed by atoms with Crippen LogP contribution in [0.25, 0.3) is 21.3 Å². The molecule has 10 heteroatoms. The van der Waals surface area contributed by atoms with Gasteiger partial charge in [0.05, 0.1) is 17.5 Å². The average molecular weight is 502 g/mol. The van der Waals surface area contributed by atoms with Crippen LogP contribution in [0.4, 0.5) is 5.82 Å². The minimum absolute atomic E-state index is 0.181. The number of fused-ring (bicyclic) bond motifs is 1. The molecule has 0 unspecified atom stereocenters. The quantitative estimate of drug-likeness (QED) is 0.419. The lowest BCUT2D eigenvalue weighted by Crippen LogP contribution is -2.46. The molecule has 9 nitrogen and oxygen atoms in total. The van der Waals surface area contributed by atoms with Crippen molar-refractivity contribution >= 4 is 39.2 Å². The van der Waals surface area contributed by atoms with E-state index in [4.69, 9.17) is 29.5 Å². The molecule has 3 N–H and O–H groups in total. The third-order valence-corrected chi connectivity index (χ3v) is 6.83. The Morgan fingerprint density at radius 1 is 1.09 bits per heavy atom. The summed E-state index contributed by atoms with van der Waals surface area (Å²) in [5, 5.41) is 27.4. The van der Waals surface area contributed by atoms with Crippen molar-refractivity contribution in [3.63, 3.8) is 0 Å². The molecular weight excluding hydrogens is 470 g/mol. The van der Waals surface area contributed by atoms with Crippen molar-refractivity contribution in [3.05, 3.63) is 41.3 Å². The van der Waals surface area contributed by atoms with Gasteiger partial charge in [-0.1, -0.05) is 6.92 Å². The van der Waals surface area contributed by atoms with Crippen LogP contribution < -0.4 is 9.64 Å². The number of piperazine rings is 1. The number of hydrogen-bond donors (Lipinski definition) is 3. The molecule has 1 fully saturated rings. The molecule has 3 aromatic rings. The van der Waals surface area contributed by atoms with E-state index in [2.05, 4.69) is 46.4 Å². The molecule has 35 heavy (non-hydrogen) atoms. The molecule has 0 atom stereocenters. The first-order valence-corrected chi connectivity index (χ1v) is 12.4. The molecule has 188 valence electrons. The van der Waals surface area contributed by atoms with Gasteiger partial charge < -0.3 is 29.9 Å². The Labute approximate surface area is 208 Å². The number of aliphatic carboxylic acids is 2. The summed E-state index contributed by atoms with van der Waals surface area (Å²) in [5.74, 6) is -1.67. The Morgan fingerprint density at radius 3 is 2.40 bits per heavy atom. The van der Waals surface area contributed by atoms with E-state index in [1.165, 1.54) is 10.1 Å². The smallest absolute Gasteiger partial charge is 0.414 e. The second-order valence-electron chi connectivity index (χ2n) is 8.06. The SMILES string of the molecule is CCN1CCN(c2nc(-c3ccc(OC)c(CCCO)c3)cc3ccsc23)CC1.O=C(O)C(=O)O. The molecule has 1 aromatic carbocycles. The Morgan fingerprint density at radius 2 is 1.80 bits per heavy atom. The largest absolute Gasteiger partial charge is 0.496 e. The molecule has 1 saturated heterocycles. The fraction of sp³-hybridized carbons (Fsp3) is 0.400. The lowest BCUT2D eigenvalue weighted by molar-refractivity contribution is -0.159.